The molecule has 0 aliphatic rings. The maximum absolute atomic E-state index is 11.2. The summed E-state index contributed by atoms with van der Waals surface area (Å²) in [5, 5.41) is 28.4. The van der Waals surface area contributed by atoms with Gasteiger partial charge in [-0.1, -0.05) is 12.1 Å². The second-order valence-corrected chi connectivity index (χ2v) is 3.21. The van der Waals surface area contributed by atoms with Gasteiger partial charge < -0.3 is 9.63 Å². The summed E-state index contributed by atoms with van der Waals surface area (Å²) in [6.07, 6.45) is 0.736. The molecule has 0 unspecified atom stereocenters. The molecule has 1 N–H and O–H groups in total. The molecule has 7 heteroatoms. The van der Waals surface area contributed by atoms with Crippen molar-refractivity contribution in [2.24, 2.45) is 10.2 Å². The summed E-state index contributed by atoms with van der Waals surface area (Å²) in [6.45, 7) is 3.64. The van der Waals surface area contributed by atoms with E-state index >= 15 is 0 Å². The van der Waals surface area contributed by atoms with E-state index in [1.165, 1.54) is 0 Å². The van der Waals surface area contributed by atoms with Gasteiger partial charge in [-0.25, -0.2) is 0 Å². The van der Waals surface area contributed by atoms with E-state index in [0.29, 0.717) is 11.5 Å². The maximum atomic E-state index is 11.2. The Kier molecular flexibility index (Phi) is 2.67. The average molecular weight is 220 g/mol. The fourth-order valence-electron chi connectivity index (χ4n) is 1.14. The van der Waals surface area contributed by atoms with Gasteiger partial charge in [0, 0.05) is 18.4 Å². The molecule has 84 valence electrons. The molecule has 0 amide bonds. The molecule has 2 rings (SSSR count). The molecule has 7 nitrogen and oxygen atoms in total. The summed E-state index contributed by atoms with van der Waals surface area (Å²) in [5.74, 6) is 0.637. The number of H-pyrrole nitrogens is 1. The Morgan fingerprint density at radius 1 is 1.50 bits per heavy atom. The van der Waals surface area contributed by atoms with Crippen molar-refractivity contribution < 1.29 is 9.63 Å². The smallest absolute Gasteiger partial charge is 0.216 e. The molecule has 0 aromatic carbocycles. The highest BCUT2D eigenvalue weighted by atomic mass is 16.5. The maximum Gasteiger partial charge on any atom is 0.216 e. The van der Waals surface area contributed by atoms with Crippen LogP contribution in [0, 0.1) is 6.92 Å². The SMILES string of the molecule is CCc1cc(N=Nc2c([O-])n[nH]c2C)no1. The zero-order valence-electron chi connectivity index (χ0n) is 8.89. The lowest BCUT2D eigenvalue weighted by molar-refractivity contribution is -0.273. The number of azo groups is 1. The number of hydrogen-bond donors (Lipinski definition) is 1. The van der Waals surface area contributed by atoms with E-state index in [1.807, 2.05) is 6.92 Å². The highest BCUT2D eigenvalue weighted by molar-refractivity contribution is 5.49. The van der Waals surface area contributed by atoms with Crippen LogP contribution in [0.4, 0.5) is 11.5 Å². The molecule has 0 spiro atoms. The second-order valence-electron chi connectivity index (χ2n) is 3.21. The molecular formula is C9H10N5O2-. The fraction of sp³-hybridized carbons (Fsp3) is 0.333. The molecule has 0 radical (unpaired) electrons. The number of aryl methyl sites for hydroxylation is 2. The molecular weight excluding hydrogens is 210 g/mol. The van der Waals surface area contributed by atoms with Crippen LogP contribution in [0.2, 0.25) is 0 Å². The van der Waals surface area contributed by atoms with E-state index in [1.54, 1.807) is 13.0 Å². The normalized spacial score (nSPS) is 11.4. The van der Waals surface area contributed by atoms with Crippen LogP contribution in [-0.2, 0) is 6.42 Å². The summed E-state index contributed by atoms with van der Waals surface area (Å²) in [7, 11) is 0. The van der Waals surface area contributed by atoms with E-state index in [2.05, 4.69) is 25.6 Å². The summed E-state index contributed by atoms with van der Waals surface area (Å²) >= 11 is 0. The molecule has 2 aromatic heterocycles. The van der Waals surface area contributed by atoms with Crippen molar-refractivity contribution in [2.75, 3.05) is 0 Å². The highest BCUT2D eigenvalue weighted by Crippen LogP contribution is 2.26. The third-order valence-electron chi connectivity index (χ3n) is 2.03. The molecule has 16 heavy (non-hydrogen) atoms. The Morgan fingerprint density at radius 2 is 2.31 bits per heavy atom. The first-order chi connectivity index (χ1) is 7.70. The predicted octanol–water partition coefficient (Wildman–Crippen LogP) is 1.76. The largest absolute Gasteiger partial charge is 0.856 e. The van der Waals surface area contributed by atoms with Crippen LogP contribution >= 0.6 is 0 Å². The third-order valence-corrected chi connectivity index (χ3v) is 2.03. The van der Waals surface area contributed by atoms with E-state index in [4.69, 9.17) is 4.52 Å². The van der Waals surface area contributed by atoms with Crippen LogP contribution in [0.3, 0.4) is 0 Å². The van der Waals surface area contributed by atoms with Gasteiger partial charge in [0.2, 0.25) is 5.82 Å². The van der Waals surface area contributed by atoms with E-state index < -0.39 is 5.88 Å². The number of rotatable bonds is 3. The second kappa shape index (κ2) is 4.13. The van der Waals surface area contributed by atoms with Crippen molar-refractivity contribution in [3.63, 3.8) is 0 Å². The Bertz CT molecular complexity index is 494. The van der Waals surface area contributed by atoms with Crippen LogP contribution in [0.15, 0.2) is 20.8 Å². The minimum atomic E-state index is -0.430. The van der Waals surface area contributed by atoms with Gasteiger partial charge in [0.1, 0.15) is 11.4 Å². The topological polar surface area (TPSA) is 102 Å². The van der Waals surface area contributed by atoms with Crippen LogP contribution in [0.1, 0.15) is 18.4 Å². The van der Waals surface area contributed by atoms with Gasteiger partial charge in [0.15, 0.2) is 0 Å². The summed E-state index contributed by atoms with van der Waals surface area (Å²) in [4.78, 5) is 0. The van der Waals surface area contributed by atoms with Crippen LogP contribution in [0.5, 0.6) is 5.88 Å². The number of aromatic nitrogens is 3. The quantitative estimate of drug-likeness (QED) is 0.796. The van der Waals surface area contributed by atoms with Gasteiger partial charge in [-0.2, -0.15) is 5.10 Å². The van der Waals surface area contributed by atoms with Crippen LogP contribution < -0.4 is 5.11 Å². The molecule has 0 atom stereocenters. The van der Waals surface area contributed by atoms with Crippen molar-refractivity contribution in [3.05, 3.63) is 17.5 Å². The van der Waals surface area contributed by atoms with Crippen molar-refractivity contribution in [2.45, 2.75) is 20.3 Å². The molecule has 2 aromatic rings. The Morgan fingerprint density at radius 3 is 2.88 bits per heavy atom. The van der Waals surface area contributed by atoms with E-state index in [0.717, 1.165) is 12.2 Å². The summed E-state index contributed by atoms with van der Waals surface area (Å²) in [6, 6.07) is 1.67. The average Bonchev–Trinajstić information content (AvgIpc) is 2.85. The minimum absolute atomic E-state index is 0.195. The first kappa shape index (κ1) is 10.3. The number of nitrogens with one attached hydrogen (secondary N) is 1. The number of hydrogen-bond acceptors (Lipinski definition) is 6. The zero-order chi connectivity index (χ0) is 11.5. The molecule has 0 saturated carbocycles. The fourth-order valence-corrected chi connectivity index (χ4v) is 1.14. The lowest BCUT2D eigenvalue weighted by atomic mass is 10.4. The van der Waals surface area contributed by atoms with Gasteiger partial charge in [0.25, 0.3) is 0 Å². The van der Waals surface area contributed by atoms with Gasteiger partial charge in [0.05, 0.1) is 5.69 Å². The lowest BCUT2D eigenvalue weighted by Gasteiger charge is -1.97. The van der Waals surface area contributed by atoms with Gasteiger partial charge in [-0.3, -0.25) is 5.10 Å². The summed E-state index contributed by atoms with van der Waals surface area (Å²) < 4.78 is 4.94. The minimum Gasteiger partial charge on any atom is -0.856 e. The van der Waals surface area contributed by atoms with E-state index in [-0.39, 0.29) is 5.69 Å². The first-order valence-electron chi connectivity index (χ1n) is 4.80. The Hall–Kier alpha value is -2.18. The van der Waals surface area contributed by atoms with Gasteiger partial charge in [-0.15, -0.1) is 10.2 Å². The standard InChI is InChI=1S/C9H11N5O2/c1-3-6-4-7(14-16-6)11-12-8-5(2)10-13-9(8)15/h4H,3H2,1-2H3,(H2,10,13,15)/p-1. The number of nitrogens with zero attached hydrogens (tertiary/aromatic N) is 4. The Balaban J connectivity index is 2.21. The Labute approximate surface area is 91.2 Å². The first-order valence-corrected chi connectivity index (χ1v) is 4.80. The molecule has 2 heterocycles. The number of aromatic amines is 1. The van der Waals surface area contributed by atoms with Crippen LogP contribution in [0.25, 0.3) is 0 Å². The molecule has 0 aliphatic heterocycles. The molecule has 0 saturated heterocycles. The lowest BCUT2D eigenvalue weighted by Crippen LogP contribution is -1.88. The van der Waals surface area contributed by atoms with E-state index in [9.17, 15) is 5.11 Å². The third kappa shape index (κ3) is 1.92. The van der Waals surface area contributed by atoms with Gasteiger partial charge >= 0.3 is 0 Å². The van der Waals surface area contributed by atoms with Gasteiger partial charge in [-0.05, 0) is 6.92 Å². The van der Waals surface area contributed by atoms with Crippen molar-refractivity contribution in [1.29, 1.82) is 0 Å². The monoisotopic (exact) mass is 220 g/mol. The van der Waals surface area contributed by atoms with Crippen molar-refractivity contribution >= 4 is 11.5 Å². The summed E-state index contributed by atoms with van der Waals surface area (Å²) in [5.41, 5.74) is 0.772. The molecule has 0 fully saturated rings. The highest BCUT2D eigenvalue weighted by Gasteiger charge is 2.03. The van der Waals surface area contributed by atoms with Crippen molar-refractivity contribution in [3.8, 4) is 5.88 Å². The molecule has 0 aliphatic carbocycles. The predicted molar refractivity (Wildman–Crippen MR) is 52.8 cm³/mol. The zero-order valence-corrected chi connectivity index (χ0v) is 8.89. The van der Waals surface area contributed by atoms with Crippen LogP contribution in [-0.4, -0.2) is 15.4 Å². The van der Waals surface area contributed by atoms with Crippen molar-refractivity contribution in [1.82, 2.24) is 15.4 Å². The molecule has 0 bridgehead atoms.